The summed E-state index contributed by atoms with van der Waals surface area (Å²) in [6.45, 7) is 1.99. The molecule has 1 aromatic rings. The summed E-state index contributed by atoms with van der Waals surface area (Å²) < 4.78 is 1.17. The summed E-state index contributed by atoms with van der Waals surface area (Å²) in [5, 5.41) is 12.5. The number of nitriles is 1. The Hall–Kier alpha value is -1.83. The van der Waals surface area contributed by atoms with Crippen LogP contribution in [0.3, 0.4) is 0 Å². The second kappa shape index (κ2) is 4.79. The maximum Gasteiger partial charge on any atom is 0.269 e. The van der Waals surface area contributed by atoms with Crippen molar-refractivity contribution >= 4 is 5.69 Å². The van der Waals surface area contributed by atoms with Crippen LogP contribution in [0.2, 0.25) is 0 Å². The average molecular weight is 218 g/mol. The Bertz CT molecular complexity index is 454. The highest BCUT2D eigenvalue weighted by Gasteiger charge is 2.12. The molecule has 1 aliphatic heterocycles. The van der Waals surface area contributed by atoms with Crippen LogP contribution >= 0.6 is 0 Å². The summed E-state index contributed by atoms with van der Waals surface area (Å²) in [7, 11) is 0. The first kappa shape index (κ1) is 10.7. The minimum absolute atomic E-state index is 0.0130. The van der Waals surface area contributed by atoms with Crippen molar-refractivity contribution in [3.63, 3.8) is 0 Å². The number of anilines is 1. The molecule has 84 valence electrons. The minimum Gasteiger partial charge on any atom is -0.370 e. The lowest BCUT2D eigenvalue weighted by Gasteiger charge is -2.28. The van der Waals surface area contributed by atoms with Gasteiger partial charge in [-0.05, 0) is 19.3 Å². The van der Waals surface area contributed by atoms with Crippen molar-refractivity contribution < 1.29 is 0 Å². The topological polar surface area (TPSA) is 61.9 Å². The van der Waals surface area contributed by atoms with E-state index >= 15 is 0 Å². The summed E-state index contributed by atoms with van der Waals surface area (Å²) >= 11 is 0. The van der Waals surface area contributed by atoms with E-state index in [4.69, 9.17) is 5.26 Å². The van der Waals surface area contributed by atoms with Crippen LogP contribution < -0.4 is 10.5 Å². The number of hydrogen-bond acceptors (Lipinski definition) is 4. The zero-order chi connectivity index (χ0) is 11.4. The lowest BCUT2D eigenvalue weighted by molar-refractivity contribution is 0.572. The number of hydrogen-bond donors (Lipinski definition) is 0. The Morgan fingerprint density at radius 2 is 2.12 bits per heavy atom. The first-order valence-corrected chi connectivity index (χ1v) is 5.50. The Balaban J connectivity index is 2.20. The van der Waals surface area contributed by atoms with Crippen LogP contribution in [0.5, 0.6) is 0 Å². The van der Waals surface area contributed by atoms with Crippen molar-refractivity contribution in [2.24, 2.45) is 0 Å². The van der Waals surface area contributed by atoms with Gasteiger partial charge in [-0.2, -0.15) is 10.4 Å². The normalized spacial score (nSPS) is 15.8. The number of aromatic nitrogens is 2. The lowest BCUT2D eigenvalue weighted by Crippen LogP contribution is -2.32. The highest BCUT2D eigenvalue weighted by atomic mass is 16.1. The first-order chi connectivity index (χ1) is 7.81. The Kier molecular flexibility index (Phi) is 3.20. The molecule has 0 atom stereocenters. The van der Waals surface area contributed by atoms with Gasteiger partial charge in [0.25, 0.3) is 5.56 Å². The molecule has 0 aromatic carbocycles. The molecular formula is C11H14N4O. The highest BCUT2D eigenvalue weighted by Crippen LogP contribution is 2.16. The Morgan fingerprint density at radius 3 is 2.75 bits per heavy atom. The Labute approximate surface area is 93.9 Å². The summed E-state index contributed by atoms with van der Waals surface area (Å²) in [6.07, 6.45) is 5.27. The van der Waals surface area contributed by atoms with Crippen LogP contribution in [0.4, 0.5) is 5.69 Å². The lowest BCUT2D eigenvalue weighted by atomic mass is 10.1. The zero-order valence-electron chi connectivity index (χ0n) is 9.09. The number of piperidine rings is 1. The van der Waals surface area contributed by atoms with Crippen LogP contribution in [-0.2, 0) is 6.54 Å². The largest absolute Gasteiger partial charge is 0.370 e. The van der Waals surface area contributed by atoms with Gasteiger partial charge in [0, 0.05) is 19.2 Å². The first-order valence-electron chi connectivity index (χ1n) is 5.50. The van der Waals surface area contributed by atoms with Crippen LogP contribution in [0, 0.1) is 11.3 Å². The molecule has 0 N–H and O–H groups in total. The molecule has 0 saturated carbocycles. The molecule has 0 amide bonds. The van der Waals surface area contributed by atoms with E-state index in [0.29, 0.717) is 0 Å². The van der Waals surface area contributed by atoms with Gasteiger partial charge in [0.15, 0.2) is 0 Å². The van der Waals surface area contributed by atoms with E-state index in [1.807, 2.05) is 6.07 Å². The van der Waals surface area contributed by atoms with Gasteiger partial charge in [-0.1, -0.05) is 0 Å². The van der Waals surface area contributed by atoms with Crippen molar-refractivity contribution in [1.82, 2.24) is 9.78 Å². The van der Waals surface area contributed by atoms with Crippen LogP contribution in [-0.4, -0.2) is 22.9 Å². The fraction of sp³-hybridized carbons (Fsp3) is 0.545. The third-order valence-corrected chi connectivity index (χ3v) is 2.80. The molecule has 0 radical (unpaired) electrons. The van der Waals surface area contributed by atoms with Gasteiger partial charge in [0.1, 0.15) is 6.54 Å². The van der Waals surface area contributed by atoms with E-state index in [0.717, 1.165) is 18.8 Å². The van der Waals surface area contributed by atoms with Crippen molar-refractivity contribution in [3.8, 4) is 6.07 Å². The van der Waals surface area contributed by atoms with E-state index in [1.165, 1.54) is 23.9 Å². The van der Waals surface area contributed by atoms with E-state index in [9.17, 15) is 4.79 Å². The molecule has 0 aliphatic carbocycles. The molecule has 2 rings (SSSR count). The van der Waals surface area contributed by atoms with Crippen LogP contribution in [0.25, 0.3) is 0 Å². The van der Waals surface area contributed by atoms with Crippen molar-refractivity contribution in [1.29, 1.82) is 5.26 Å². The van der Waals surface area contributed by atoms with Crippen LogP contribution in [0.1, 0.15) is 19.3 Å². The molecule has 16 heavy (non-hydrogen) atoms. The minimum atomic E-state index is -0.204. The van der Waals surface area contributed by atoms with Crippen molar-refractivity contribution in [2.45, 2.75) is 25.8 Å². The monoisotopic (exact) mass is 218 g/mol. The second-order valence-corrected chi connectivity index (χ2v) is 3.92. The molecule has 0 unspecified atom stereocenters. The zero-order valence-corrected chi connectivity index (χ0v) is 9.09. The van der Waals surface area contributed by atoms with E-state index in [2.05, 4.69) is 10.00 Å². The quantitative estimate of drug-likeness (QED) is 0.735. The standard InChI is InChI=1S/C11H14N4O/c12-4-7-15-11(16)8-10(9-13-15)14-5-2-1-3-6-14/h8-9H,1-3,5-7H2. The fourth-order valence-corrected chi connectivity index (χ4v) is 1.93. The van der Waals surface area contributed by atoms with Crippen molar-refractivity contribution in [2.75, 3.05) is 18.0 Å². The van der Waals surface area contributed by atoms with E-state index in [-0.39, 0.29) is 12.1 Å². The molecule has 1 saturated heterocycles. The predicted molar refractivity (Wildman–Crippen MR) is 60.2 cm³/mol. The molecular weight excluding hydrogens is 204 g/mol. The van der Waals surface area contributed by atoms with Crippen LogP contribution in [0.15, 0.2) is 17.1 Å². The third-order valence-electron chi connectivity index (χ3n) is 2.80. The van der Waals surface area contributed by atoms with E-state index in [1.54, 1.807) is 12.3 Å². The summed E-state index contributed by atoms with van der Waals surface area (Å²) in [4.78, 5) is 13.8. The fourth-order valence-electron chi connectivity index (χ4n) is 1.93. The van der Waals surface area contributed by atoms with Gasteiger partial charge in [-0.25, -0.2) is 4.68 Å². The van der Waals surface area contributed by atoms with Gasteiger partial charge < -0.3 is 4.90 Å². The van der Waals surface area contributed by atoms with Gasteiger partial charge in [0.05, 0.1) is 18.0 Å². The molecule has 0 bridgehead atoms. The molecule has 5 nitrogen and oxygen atoms in total. The molecule has 1 fully saturated rings. The molecule has 0 spiro atoms. The van der Waals surface area contributed by atoms with Gasteiger partial charge >= 0.3 is 0 Å². The molecule has 5 heteroatoms. The van der Waals surface area contributed by atoms with Crippen molar-refractivity contribution in [3.05, 3.63) is 22.6 Å². The smallest absolute Gasteiger partial charge is 0.269 e. The third kappa shape index (κ3) is 2.22. The summed E-state index contributed by atoms with van der Waals surface area (Å²) in [6, 6.07) is 3.48. The van der Waals surface area contributed by atoms with Gasteiger partial charge in [-0.3, -0.25) is 4.79 Å². The SMILES string of the molecule is N#CCn1ncc(N2CCCCC2)cc1=O. The predicted octanol–water partition coefficient (Wildman–Crippen LogP) is 0.757. The summed E-state index contributed by atoms with van der Waals surface area (Å²) in [5.41, 5.74) is 0.670. The number of rotatable bonds is 2. The maximum atomic E-state index is 11.6. The van der Waals surface area contributed by atoms with Gasteiger partial charge in [-0.15, -0.1) is 0 Å². The average Bonchev–Trinajstić information content (AvgIpc) is 2.33. The van der Waals surface area contributed by atoms with E-state index < -0.39 is 0 Å². The summed E-state index contributed by atoms with van der Waals surface area (Å²) in [5.74, 6) is 0. The molecule has 2 heterocycles. The Morgan fingerprint density at radius 1 is 1.38 bits per heavy atom. The molecule has 1 aliphatic rings. The highest BCUT2D eigenvalue weighted by molar-refractivity contribution is 5.43. The van der Waals surface area contributed by atoms with Gasteiger partial charge in [0.2, 0.25) is 0 Å². The second-order valence-electron chi connectivity index (χ2n) is 3.92. The maximum absolute atomic E-state index is 11.6. The number of nitrogens with zero attached hydrogens (tertiary/aromatic N) is 4. The molecule has 1 aromatic heterocycles.